The van der Waals surface area contributed by atoms with Gasteiger partial charge in [-0.3, -0.25) is 4.79 Å². The van der Waals surface area contributed by atoms with Gasteiger partial charge in [-0.1, -0.05) is 76.1 Å². The molecule has 1 heterocycles. The molecule has 0 spiro atoms. The summed E-state index contributed by atoms with van der Waals surface area (Å²) in [5.74, 6) is 1.92. The minimum absolute atomic E-state index is 0.0624. The van der Waals surface area contributed by atoms with Gasteiger partial charge in [-0.15, -0.1) is 0 Å². The van der Waals surface area contributed by atoms with E-state index in [0.29, 0.717) is 6.54 Å². The van der Waals surface area contributed by atoms with Crippen molar-refractivity contribution in [2.24, 2.45) is 0 Å². The van der Waals surface area contributed by atoms with Gasteiger partial charge in [-0.25, -0.2) is 4.98 Å². The van der Waals surface area contributed by atoms with E-state index < -0.39 is 0 Å². The third-order valence-corrected chi connectivity index (χ3v) is 6.82. The zero-order chi connectivity index (χ0) is 25.6. The number of rotatable bonds is 17. The predicted octanol–water partition coefficient (Wildman–Crippen LogP) is 7.31. The number of para-hydroxylation sites is 2. The topological polar surface area (TPSA) is 56.2 Å². The molecule has 0 saturated carbocycles. The summed E-state index contributed by atoms with van der Waals surface area (Å²) in [4.78, 5) is 17.1. The molecule has 0 fully saturated rings. The summed E-state index contributed by atoms with van der Waals surface area (Å²) in [7, 11) is 0. The zero-order valence-electron chi connectivity index (χ0n) is 22.7. The largest absolute Gasteiger partial charge is 0.483 e. The molecule has 0 saturated heterocycles. The van der Waals surface area contributed by atoms with Gasteiger partial charge in [0.2, 0.25) is 0 Å². The normalized spacial score (nSPS) is 11.2. The third kappa shape index (κ3) is 9.00. The Kier molecular flexibility index (Phi) is 11.8. The Morgan fingerprint density at radius 2 is 1.67 bits per heavy atom. The van der Waals surface area contributed by atoms with E-state index >= 15 is 0 Å². The van der Waals surface area contributed by atoms with Crippen molar-refractivity contribution in [1.82, 2.24) is 14.9 Å². The molecule has 3 rings (SSSR count). The number of fused-ring (bicyclic) bond motifs is 1. The summed E-state index contributed by atoms with van der Waals surface area (Å²) in [5, 5.41) is 2.99. The number of amides is 1. The van der Waals surface area contributed by atoms with Gasteiger partial charge in [0.25, 0.3) is 5.91 Å². The van der Waals surface area contributed by atoms with Crippen LogP contribution >= 0.6 is 0 Å². The summed E-state index contributed by atoms with van der Waals surface area (Å²) in [5.41, 5.74) is 4.54. The molecule has 0 radical (unpaired) electrons. The fourth-order valence-electron chi connectivity index (χ4n) is 4.66. The van der Waals surface area contributed by atoms with Crippen LogP contribution in [0.3, 0.4) is 0 Å². The van der Waals surface area contributed by atoms with E-state index in [1.807, 2.05) is 32.0 Å². The molecule has 196 valence electrons. The Hall–Kier alpha value is -2.82. The second kappa shape index (κ2) is 15.3. The van der Waals surface area contributed by atoms with Gasteiger partial charge in [0, 0.05) is 19.5 Å². The average molecular weight is 492 g/mol. The molecule has 1 N–H and O–H groups in total. The maximum atomic E-state index is 12.2. The van der Waals surface area contributed by atoms with E-state index in [4.69, 9.17) is 9.72 Å². The number of hydrogen-bond acceptors (Lipinski definition) is 3. The van der Waals surface area contributed by atoms with E-state index in [0.717, 1.165) is 54.6 Å². The van der Waals surface area contributed by atoms with Crippen molar-refractivity contribution in [2.75, 3.05) is 13.2 Å². The Balaban J connectivity index is 1.36. The number of carbonyl (C=O) groups excluding carboxylic acids is 1. The van der Waals surface area contributed by atoms with Crippen LogP contribution < -0.4 is 10.1 Å². The van der Waals surface area contributed by atoms with Crippen LogP contribution in [0.15, 0.2) is 42.5 Å². The summed E-state index contributed by atoms with van der Waals surface area (Å²) in [6.07, 6.45) is 13.3. The van der Waals surface area contributed by atoms with Crippen LogP contribution in [0.4, 0.5) is 0 Å². The molecule has 36 heavy (non-hydrogen) atoms. The van der Waals surface area contributed by atoms with Crippen LogP contribution in [0.1, 0.15) is 88.1 Å². The molecule has 0 aliphatic rings. The molecule has 0 atom stereocenters. The van der Waals surface area contributed by atoms with Gasteiger partial charge < -0.3 is 14.6 Å². The Morgan fingerprint density at radius 1 is 0.917 bits per heavy atom. The van der Waals surface area contributed by atoms with Crippen molar-refractivity contribution in [2.45, 2.75) is 97.9 Å². The maximum absolute atomic E-state index is 12.2. The van der Waals surface area contributed by atoms with Gasteiger partial charge in [-0.2, -0.15) is 0 Å². The number of nitrogens with one attached hydrogen (secondary N) is 1. The number of unbranched alkanes of at least 4 members (excludes halogenated alkanes) is 8. The van der Waals surface area contributed by atoms with Crippen molar-refractivity contribution in [3.63, 3.8) is 0 Å². The number of benzene rings is 2. The first-order valence-corrected chi connectivity index (χ1v) is 14.0. The molecule has 0 bridgehead atoms. The third-order valence-electron chi connectivity index (χ3n) is 6.82. The minimum Gasteiger partial charge on any atom is -0.483 e. The molecule has 0 unspecified atom stereocenters. The Bertz CT molecular complexity index is 1070. The standard InChI is InChI=1S/C31H45N3O2/c1-4-5-6-7-8-9-15-22-34-28-17-13-12-16-27(28)33-30(34)18-11-10-14-21-32-31(35)24-36-29-23-25(2)19-20-26(29)3/h12-13,16-17,19-20,23H,4-11,14-15,18,21-22,24H2,1-3H3,(H,32,35). The van der Waals surface area contributed by atoms with Gasteiger partial charge in [0.1, 0.15) is 11.6 Å². The number of hydrogen-bond donors (Lipinski definition) is 1. The smallest absolute Gasteiger partial charge is 0.257 e. The van der Waals surface area contributed by atoms with Crippen LogP contribution in [0.2, 0.25) is 0 Å². The van der Waals surface area contributed by atoms with Crippen LogP contribution in [-0.2, 0) is 17.8 Å². The Morgan fingerprint density at radius 3 is 2.50 bits per heavy atom. The highest BCUT2D eigenvalue weighted by molar-refractivity contribution is 5.77. The van der Waals surface area contributed by atoms with Gasteiger partial charge >= 0.3 is 0 Å². The predicted molar refractivity (Wildman–Crippen MR) is 150 cm³/mol. The fourth-order valence-corrected chi connectivity index (χ4v) is 4.66. The van der Waals surface area contributed by atoms with E-state index in [2.05, 4.69) is 41.1 Å². The van der Waals surface area contributed by atoms with Crippen molar-refractivity contribution >= 4 is 16.9 Å². The highest BCUT2D eigenvalue weighted by Gasteiger charge is 2.10. The maximum Gasteiger partial charge on any atom is 0.257 e. The minimum atomic E-state index is -0.0626. The molecule has 3 aromatic rings. The number of nitrogens with zero attached hydrogens (tertiary/aromatic N) is 2. The molecule has 2 aromatic carbocycles. The van der Waals surface area contributed by atoms with E-state index in [9.17, 15) is 4.79 Å². The summed E-state index contributed by atoms with van der Waals surface area (Å²) in [6.45, 7) is 8.09. The first kappa shape index (κ1) is 27.8. The summed E-state index contributed by atoms with van der Waals surface area (Å²) < 4.78 is 8.14. The second-order valence-corrected chi connectivity index (χ2v) is 10.0. The fraction of sp³-hybridized carbons (Fsp3) is 0.548. The van der Waals surface area contributed by atoms with Crippen LogP contribution in [0, 0.1) is 13.8 Å². The SMILES string of the molecule is CCCCCCCCCn1c(CCCCCNC(=O)COc2cc(C)ccc2C)nc2ccccc21. The molecule has 5 heteroatoms. The lowest BCUT2D eigenvalue weighted by atomic mass is 10.1. The number of ether oxygens (including phenoxy) is 1. The van der Waals surface area contributed by atoms with Crippen LogP contribution in [0.5, 0.6) is 5.75 Å². The lowest BCUT2D eigenvalue weighted by Crippen LogP contribution is -2.29. The summed E-state index contributed by atoms with van der Waals surface area (Å²) in [6, 6.07) is 14.5. The highest BCUT2D eigenvalue weighted by Crippen LogP contribution is 2.20. The Labute approximate surface area is 217 Å². The molecule has 1 aromatic heterocycles. The average Bonchev–Trinajstić information content (AvgIpc) is 3.23. The molecular formula is C31H45N3O2. The van der Waals surface area contributed by atoms with Crippen molar-refractivity contribution < 1.29 is 9.53 Å². The number of imidazole rings is 1. The zero-order valence-corrected chi connectivity index (χ0v) is 22.7. The van der Waals surface area contributed by atoms with Crippen LogP contribution in [-0.4, -0.2) is 28.6 Å². The molecule has 1 amide bonds. The lowest BCUT2D eigenvalue weighted by Gasteiger charge is -2.11. The van der Waals surface area contributed by atoms with Crippen molar-refractivity contribution in [3.05, 3.63) is 59.4 Å². The quantitative estimate of drug-likeness (QED) is 0.201. The van der Waals surface area contributed by atoms with Crippen molar-refractivity contribution in [1.29, 1.82) is 0 Å². The van der Waals surface area contributed by atoms with E-state index in [1.165, 1.54) is 56.3 Å². The van der Waals surface area contributed by atoms with Gasteiger partial charge in [0.15, 0.2) is 6.61 Å². The van der Waals surface area contributed by atoms with E-state index in [1.54, 1.807) is 0 Å². The summed E-state index contributed by atoms with van der Waals surface area (Å²) >= 11 is 0. The highest BCUT2D eigenvalue weighted by atomic mass is 16.5. The lowest BCUT2D eigenvalue weighted by molar-refractivity contribution is -0.123. The monoisotopic (exact) mass is 491 g/mol. The van der Waals surface area contributed by atoms with Crippen LogP contribution in [0.25, 0.3) is 11.0 Å². The van der Waals surface area contributed by atoms with Gasteiger partial charge in [0.05, 0.1) is 11.0 Å². The molecule has 5 nitrogen and oxygen atoms in total. The second-order valence-electron chi connectivity index (χ2n) is 10.0. The molecule has 0 aliphatic heterocycles. The van der Waals surface area contributed by atoms with Gasteiger partial charge in [-0.05, 0) is 62.4 Å². The molecule has 0 aliphatic carbocycles. The number of aromatic nitrogens is 2. The van der Waals surface area contributed by atoms with Crippen molar-refractivity contribution in [3.8, 4) is 5.75 Å². The first-order chi connectivity index (χ1) is 17.6. The first-order valence-electron chi connectivity index (χ1n) is 14.0. The number of carbonyl (C=O) groups is 1. The number of aryl methyl sites for hydroxylation is 4. The van der Waals surface area contributed by atoms with E-state index in [-0.39, 0.29) is 12.5 Å². The molecular weight excluding hydrogens is 446 g/mol.